The van der Waals surface area contributed by atoms with Crippen molar-refractivity contribution in [1.82, 2.24) is 30.9 Å². The molecule has 0 spiro atoms. The van der Waals surface area contributed by atoms with E-state index < -0.39 is 0 Å². The third kappa shape index (κ3) is 8.87. The van der Waals surface area contributed by atoms with Crippen LogP contribution in [-0.4, -0.2) is 56.6 Å². The van der Waals surface area contributed by atoms with Gasteiger partial charge in [-0.3, -0.25) is 4.79 Å². The molecule has 3 amide bonds. The van der Waals surface area contributed by atoms with Gasteiger partial charge in [-0.25, -0.2) is 14.3 Å². The van der Waals surface area contributed by atoms with Crippen LogP contribution in [0.4, 0.5) is 4.79 Å². The van der Waals surface area contributed by atoms with Crippen molar-refractivity contribution in [2.45, 2.75) is 115 Å². The van der Waals surface area contributed by atoms with E-state index in [0.29, 0.717) is 48.5 Å². The fourth-order valence-electron chi connectivity index (χ4n) is 5.87. The largest absolute Gasteiger partial charge is 0.463 e. The third-order valence-electron chi connectivity index (χ3n) is 8.45. The van der Waals surface area contributed by atoms with Crippen LogP contribution in [0.3, 0.4) is 0 Å². The smallest absolute Gasteiger partial charge is 0.339 e. The monoisotopic (exact) mass is 628 g/mol. The van der Waals surface area contributed by atoms with Crippen LogP contribution in [0.5, 0.6) is 0 Å². The quantitative estimate of drug-likeness (QED) is 0.128. The Bertz CT molecular complexity index is 1390. The number of rotatable bonds is 19. The molecule has 2 fully saturated rings. The number of urea groups is 1. The summed E-state index contributed by atoms with van der Waals surface area (Å²) in [4.78, 5) is 35.5. The standard InChI is InChI=1S/C31H44N6O6S/c1-21-24-15-23(42-19-26(24)43-30(21)39)18-41-14-10-6-4-2-3-5-9-13-37-22(17-33-36-37)16-32-28(38)12-8-7-11-27-29-25(20-44-27)34-31(40)35-29/h15,17,19,25,27,29H,2-14,16,18,20H2,1H3,(H,32,38)(H2,34,35,40)/t25-,27-,29-/m1/s1. The minimum atomic E-state index is -0.326. The van der Waals surface area contributed by atoms with Gasteiger partial charge in [0, 0.05) is 41.7 Å². The average Bonchev–Trinajstić information content (AvgIpc) is 3.78. The summed E-state index contributed by atoms with van der Waals surface area (Å²) >= 11 is 1.91. The average molecular weight is 629 g/mol. The number of carbonyl (C=O) groups is 2. The number of nitrogens with zero attached hydrogens (tertiary/aromatic N) is 3. The van der Waals surface area contributed by atoms with E-state index in [0.717, 1.165) is 68.5 Å². The van der Waals surface area contributed by atoms with Crippen molar-refractivity contribution >= 4 is 23.7 Å². The van der Waals surface area contributed by atoms with Crippen molar-refractivity contribution in [3.63, 3.8) is 0 Å². The zero-order chi connectivity index (χ0) is 30.7. The van der Waals surface area contributed by atoms with E-state index in [1.165, 1.54) is 25.5 Å². The van der Waals surface area contributed by atoms with Gasteiger partial charge in [0.05, 0.1) is 30.5 Å². The summed E-state index contributed by atoms with van der Waals surface area (Å²) in [7, 11) is 0. The number of hydrogen-bond donors (Lipinski definition) is 3. The van der Waals surface area contributed by atoms with Gasteiger partial charge in [-0.1, -0.05) is 43.7 Å². The van der Waals surface area contributed by atoms with Crippen LogP contribution in [0.1, 0.15) is 87.6 Å². The Morgan fingerprint density at radius 2 is 1.93 bits per heavy atom. The summed E-state index contributed by atoms with van der Waals surface area (Å²) in [5.41, 5.74) is 1.98. The molecule has 1 aromatic heterocycles. The van der Waals surface area contributed by atoms with E-state index in [-0.39, 0.29) is 29.6 Å². The summed E-state index contributed by atoms with van der Waals surface area (Å²) in [5, 5.41) is 17.7. The van der Waals surface area contributed by atoms with Crippen LogP contribution >= 0.6 is 11.8 Å². The molecule has 0 unspecified atom stereocenters. The molecule has 13 heteroatoms. The molecule has 1 aromatic rings. The van der Waals surface area contributed by atoms with Crippen molar-refractivity contribution in [3.05, 3.63) is 46.0 Å². The number of furan rings is 1. The number of hydrogen-bond acceptors (Lipinski definition) is 9. The number of nitrogens with one attached hydrogen (secondary N) is 3. The Labute approximate surface area is 261 Å². The minimum absolute atomic E-state index is 0.0516. The number of carbonyl (C=O) groups excluding carboxylic acids is 2. The van der Waals surface area contributed by atoms with Crippen LogP contribution in [0.2, 0.25) is 0 Å². The lowest BCUT2D eigenvalue weighted by Crippen LogP contribution is -2.36. The summed E-state index contributed by atoms with van der Waals surface area (Å²) in [6.45, 7) is 4.05. The van der Waals surface area contributed by atoms with Crippen molar-refractivity contribution in [3.8, 4) is 11.3 Å². The number of aromatic nitrogens is 3. The number of ether oxygens (including phenoxy) is 1. The molecule has 5 rings (SSSR count). The highest BCUT2D eigenvalue weighted by Gasteiger charge is 2.42. The van der Waals surface area contributed by atoms with Gasteiger partial charge in [-0.05, 0) is 38.7 Å². The second-order valence-electron chi connectivity index (χ2n) is 11.8. The number of fused-ring (bicyclic) bond motifs is 2. The summed E-state index contributed by atoms with van der Waals surface area (Å²) in [6, 6.07) is 2.23. The zero-order valence-corrected chi connectivity index (χ0v) is 26.3. The Kier molecular flexibility index (Phi) is 11.8. The highest BCUT2D eigenvalue weighted by Crippen LogP contribution is 2.33. The minimum Gasteiger partial charge on any atom is -0.463 e. The van der Waals surface area contributed by atoms with Crippen LogP contribution in [-0.2, 0) is 29.2 Å². The molecule has 0 saturated carbocycles. The van der Waals surface area contributed by atoms with Gasteiger partial charge in [-0.15, -0.1) is 5.10 Å². The molecule has 4 aliphatic rings. The van der Waals surface area contributed by atoms with Crippen LogP contribution in [0, 0.1) is 6.92 Å². The lowest BCUT2D eigenvalue weighted by atomic mass is 10.0. The van der Waals surface area contributed by atoms with E-state index in [9.17, 15) is 14.4 Å². The van der Waals surface area contributed by atoms with Gasteiger partial charge in [0.25, 0.3) is 0 Å². The highest BCUT2D eigenvalue weighted by atomic mass is 32.2. The number of amides is 3. The normalized spacial score (nSPS) is 19.3. The molecule has 3 N–H and O–H groups in total. The molecule has 2 saturated heterocycles. The van der Waals surface area contributed by atoms with Gasteiger partial charge in [-0.2, -0.15) is 11.8 Å². The fourth-order valence-corrected chi connectivity index (χ4v) is 7.41. The molecule has 0 aromatic carbocycles. The topological polar surface area (TPSA) is 154 Å². The van der Waals surface area contributed by atoms with E-state index in [4.69, 9.17) is 13.6 Å². The Morgan fingerprint density at radius 3 is 2.80 bits per heavy atom. The number of aryl methyl sites for hydroxylation is 1. The van der Waals surface area contributed by atoms with Crippen LogP contribution < -0.4 is 21.6 Å². The highest BCUT2D eigenvalue weighted by molar-refractivity contribution is 8.00. The lowest BCUT2D eigenvalue weighted by molar-refractivity contribution is -0.121. The van der Waals surface area contributed by atoms with Gasteiger partial charge in [0.15, 0.2) is 5.76 Å². The van der Waals surface area contributed by atoms with E-state index in [1.807, 2.05) is 22.5 Å². The Hall–Kier alpha value is -3.32. The van der Waals surface area contributed by atoms with Crippen molar-refractivity contribution < 1.29 is 23.2 Å². The van der Waals surface area contributed by atoms with Crippen molar-refractivity contribution in [1.29, 1.82) is 0 Å². The molecule has 0 radical (unpaired) electrons. The summed E-state index contributed by atoms with van der Waals surface area (Å²) in [5.74, 6) is 2.17. The van der Waals surface area contributed by atoms with E-state index in [1.54, 1.807) is 13.1 Å². The predicted molar refractivity (Wildman–Crippen MR) is 166 cm³/mol. The molecule has 5 heterocycles. The van der Waals surface area contributed by atoms with Gasteiger partial charge in [0.2, 0.25) is 5.91 Å². The van der Waals surface area contributed by atoms with Gasteiger partial charge in [0.1, 0.15) is 18.6 Å². The Morgan fingerprint density at radius 1 is 1.11 bits per heavy atom. The van der Waals surface area contributed by atoms with Gasteiger partial charge >= 0.3 is 11.7 Å². The molecule has 0 aliphatic carbocycles. The zero-order valence-electron chi connectivity index (χ0n) is 25.5. The molecule has 12 nitrogen and oxygen atoms in total. The summed E-state index contributed by atoms with van der Waals surface area (Å²) in [6.07, 6.45) is 14.4. The first-order valence-corrected chi connectivity index (χ1v) is 16.9. The maximum absolute atomic E-state index is 12.4. The second kappa shape index (κ2) is 16.1. The van der Waals surface area contributed by atoms with Crippen LogP contribution in [0.15, 0.2) is 32.2 Å². The maximum Gasteiger partial charge on any atom is 0.339 e. The Balaban J connectivity index is 0.847. The third-order valence-corrected chi connectivity index (χ3v) is 9.96. The maximum atomic E-state index is 12.4. The molecule has 44 heavy (non-hydrogen) atoms. The number of unbranched alkanes of at least 4 members (excludes halogenated alkanes) is 7. The SMILES string of the molecule is Cc1c2cc(COCCCCCCCCCn3nncc3CNC(=O)CCCC[C@H]3SC[C@H]4NC(=O)N[C@H]43)occ-2oc1=O. The molecular formula is C31H44N6O6S. The molecule has 0 bridgehead atoms. The van der Waals surface area contributed by atoms with E-state index >= 15 is 0 Å². The molecular weight excluding hydrogens is 584 g/mol. The van der Waals surface area contributed by atoms with Crippen molar-refractivity contribution in [2.24, 2.45) is 0 Å². The fraction of sp³-hybridized carbons (Fsp3) is 0.645. The first kappa shape index (κ1) is 32.1. The van der Waals surface area contributed by atoms with E-state index in [2.05, 4.69) is 26.3 Å². The van der Waals surface area contributed by atoms with Crippen molar-refractivity contribution in [2.75, 3.05) is 12.4 Å². The van der Waals surface area contributed by atoms with Crippen LogP contribution in [0.25, 0.3) is 11.3 Å². The molecule has 3 atom stereocenters. The first-order valence-electron chi connectivity index (χ1n) is 15.9. The summed E-state index contributed by atoms with van der Waals surface area (Å²) < 4.78 is 18.3. The number of thioether (sulfide) groups is 1. The predicted octanol–water partition coefficient (Wildman–Crippen LogP) is 4.53. The van der Waals surface area contributed by atoms with Gasteiger partial charge < -0.3 is 29.5 Å². The molecule has 240 valence electrons. The lowest BCUT2D eigenvalue weighted by Gasteiger charge is -2.16. The molecule has 4 aliphatic heterocycles. The second-order valence-corrected chi connectivity index (χ2v) is 13.0. The first-order chi connectivity index (χ1) is 21.5.